The van der Waals surface area contributed by atoms with Gasteiger partial charge >= 0.3 is 0 Å². The molecule has 1 rings (SSSR count). The molecule has 0 aliphatic carbocycles. The van der Waals surface area contributed by atoms with E-state index >= 15 is 0 Å². The summed E-state index contributed by atoms with van der Waals surface area (Å²) < 4.78 is 23.5. The maximum atomic E-state index is 11.8. The molecule has 3 heteroatoms. The fraction of sp³-hybridized carbons (Fsp3) is 0.333. The van der Waals surface area contributed by atoms with Crippen molar-refractivity contribution in [3.63, 3.8) is 0 Å². The molecule has 0 saturated carbocycles. The average molecular weight is 131 g/mol. The molecule has 0 atom stereocenters. The third-order valence-electron chi connectivity index (χ3n) is 1.10. The Balaban J connectivity index is 2.85. The largest absolute Gasteiger partial charge is 0.365 e. The SMILES string of the molecule is Cc1cc(C(F)F)c[nH]1. The number of aromatic nitrogens is 1. The van der Waals surface area contributed by atoms with Gasteiger partial charge in [-0.1, -0.05) is 0 Å². The van der Waals surface area contributed by atoms with Crippen LogP contribution in [0.5, 0.6) is 0 Å². The van der Waals surface area contributed by atoms with Crippen LogP contribution in [-0.2, 0) is 0 Å². The fourth-order valence-corrected chi connectivity index (χ4v) is 0.656. The van der Waals surface area contributed by atoms with E-state index in [0.717, 1.165) is 5.69 Å². The Bertz CT molecular complexity index is 193. The summed E-state index contributed by atoms with van der Waals surface area (Å²) in [5, 5.41) is 0. The number of hydrogen-bond acceptors (Lipinski definition) is 0. The summed E-state index contributed by atoms with van der Waals surface area (Å²) >= 11 is 0. The van der Waals surface area contributed by atoms with Crippen LogP contribution in [0.25, 0.3) is 0 Å². The second-order valence-corrected chi connectivity index (χ2v) is 1.92. The highest BCUT2D eigenvalue weighted by molar-refractivity contribution is 5.16. The minimum absolute atomic E-state index is 0.0625. The summed E-state index contributed by atoms with van der Waals surface area (Å²) in [4.78, 5) is 2.67. The predicted molar refractivity (Wildman–Crippen MR) is 30.5 cm³/mol. The Morgan fingerprint density at radius 1 is 1.56 bits per heavy atom. The molecule has 1 N–H and O–H groups in total. The van der Waals surface area contributed by atoms with Gasteiger partial charge in [0.05, 0.1) is 0 Å². The first kappa shape index (κ1) is 6.26. The number of aromatic amines is 1. The lowest BCUT2D eigenvalue weighted by Gasteiger charge is -1.88. The van der Waals surface area contributed by atoms with Crippen molar-refractivity contribution < 1.29 is 8.78 Å². The molecular formula is C6H7F2N. The molecule has 0 radical (unpaired) electrons. The second kappa shape index (κ2) is 2.17. The Hall–Kier alpha value is -0.860. The van der Waals surface area contributed by atoms with Crippen LogP contribution < -0.4 is 0 Å². The van der Waals surface area contributed by atoms with E-state index in [1.807, 2.05) is 0 Å². The molecule has 1 aromatic heterocycles. The smallest absolute Gasteiger partial charge is 0.265 e. The monoisotopic (exact) mass is 131 g/mol. The molecule has 0 fully saturated rings. The third-order valence-corrected chi connectivity index (χ3v) is 1.10. The van der Waals surface area contributed by atoms with Gasteiger partial charge in [-0.05, 0) is 13.0 Å². The van der Waals surface area contributed by atoms with E-state index in [1.165, 1.54) is 12.3 Å². The zero-order valence-corrected chi connectivity index (χ0v) is 4.99. The van der Waals surface area contributed by atoms with Crippen LogP contribution in [0.4, 0.5) is 8.78 Å². The molecule has 1 heterocycles. The van der Waals surface area contributed by atoms with Crippen molar-refractivity contribution in [1.82, 2.24) is 4.98 Å². The van der Waals surface area contributed by atoms with E-state index in [2.05, 4.69) is 4.98 Å². The average Bonchev–Trinajstić information content (AvgIpc) is 2.14. The van der Waals surface area contributed by atoms with E-state index in [4.69, 9.17) is 0 Å². The molecule has 1 aromatic rings. The highest BCUT2D eigenvalue weighted by atomic mass is 19.3. The quantitative estimate of drug-likeness (QED) is 0.601. The molecular weight excluding hydrogens is 124 g/mol. The van der Waals surface area contributed by atoms with Crippen molar-refractivity contribution >= 4 is 0 Å². The van der Waals surface area contributed by atoms with Crippen LogP contribution >= 0.6 is 0 Å². The predicted octanol–water partition coefficient (Wildman–Crippen LogP) is 2.26. The van der Waals surface area contributed by atoms with Gasteiger partial charge in [-0.2, -0.15) is 0 Å². The lowest BCUT2D eigenvalue weighted by molar-refractivity contribution is 0.151. The van der Waals surface area contributed by atoms with Gasteiger partial charge in [0, 0.05) is 17.5 Å². The topological polar surface area (TPSA) is 15.8 Å². The Morgan fingerprint density at radius 3 is 2.44 bits per heavy atom. The number of halogens is 2. The molecule has 0 aliphatic heterocycles. The first-order valence-electron chi connectivity index (χ1n) is 2.63. The van der Waals surface area contributed by atoms with E-state index in [9.17, 15) is 8.78 Å². The van der Waals surface area contributed by atoms with Gasteiger partial charge in [0.1, 0.15) is 0 Å². The summed E-state index contributed by atoms with van der Waals surface area (Å²) in [5.74, 6) is 0. The Morgan fingerprint density at radius 2 is 2.22 bits per heavy atom. The minimum Gasteiger partial charge on any atom is -0.365 e. The highest BCUT2D eigenvalue weighted by Gasteiger charge is 2.06. The van der Waals surface area contributed by atoms with Gasteiger partial charge < -0.3 is 4.98 Å². The van der Waals surface area contributed by atoms with Gasteiger partial charge in [0.25, 0.3) is 6.43 Å². The van der Waals surface area contributed by atoms with E-state index < -0.39 is 6.43 Å². The molecule has 9 heavy (non-hydrogen) atoms. The highest BCUT2D eigenvalue weighted by Crippen LogP contribution is 2.18. The fourth-order valence-electron chi connectivity index (χ4n) is 0.656. The molecule has 50 valence electrons. The van der Waals surface area contributed by atoms with E-state index in [-0.39, 0.29) is 5.56 Å². The standard InChI is InChI=1S/C6H7F2N/c1-4-2-5(3-9-4)6(7)8/h2-3,6,9H,1H3. The van der Waals surface area contributed by atoms with E-state index in [1.54, 1.807) is 6.92 Å². The molecule has 0 unspecified atom stereocenters. The van der Waals surface area contributed by atoms with Crippen molar-refractivity contribution in [3.05, 3.63) is 23.5 Å². The van der Waals surface area contributed by atoms with Crippen molar-refractivity contribution in [2.24, 2.45) is 0 Å². The van der Waals surface area contributed by atoms with Gasteiger partial charge in [-0.25, -0.2) is 8.78 Å². The van der Waals surface area contributed by atoms with Gasteiger partial charge in [0.15, 0.2) is 0 Å². The van der Waals surface area contributed by atoms with Crippen molar-refractivity contribution in [3.8, 4) is 0 Å². The van der Waals surface area contributed by atoms with Gasteiger partial charge in [-0.3, -0.25) is 0 Å². The third kappa shape index (κ3) is 1.28. The number of hydrogen-bond donors (Lipinski definition) is 1. The van der Waals surface area contributed by atoms with E-state index in [0.29, 0.717) is 0 Å². The molecule has 0 aliphatic rings. The number of alkyl halides is 2. The molecule has 0 bridgehead atoms. The summed E-state index contributed by atoms with van der Waals surface area (Å²) in [6.07, 6.45) is -1.03. The lowest BCUT2D eigenvalue weighted by atomic mass is 10.3. The Labute approximate surface area is 51.7 Å². The summed E-state index contributed by atoms with van der Waals surface area (Å²) in [6, 6.07) is 1.44. The first-order valence-corrected chi connectivity index (χ1v) is 2.63. The lowest BCUT2D eigenvalue weighted by Crippen LogP contribution is -1.75. The van der Waals surface area contributed by atoms with Crippen LogP contribution in [0.2, 0.25) is 0 Å². The van der Waals surface area contributed by atoms with Crippen LogP contribution in [0, 0.1) is 6.92 Å². The number of nitrogens with one attached hydrogen (secondary N) is 1. The zero-order valence-electron chi connectivity index (χ0n) is 4.99. The van der Waals surface area contributed by atoms with Crippen LogP contribution in [0.3, 0.4) is 0 Å². The zero-order chi connectivity index (χ0) is 6.85. The second-order valence-electron chi connectivity index (χ2n) is 1.92. The Kier molecular flexibility index (Phi) is 1.51. The maximum Gasteiger partial charge on any atom is 0.265 e. The summed E-state index contributed by atoms with van der Waals surface area (Å²) in [7, 11) is 0. The van der Waals surface area contributed by atoms with Crippen molar-refractivity contribution in [1.29, 1.82) is 0 Å². The maximum absolute atomic E-state index is 11.8. The first-order chi connectivity index (χ1) is 4.20. The molecule has 0 aromatic carbocycles. The van der Waals surface area contributed by atoms with Gasteiger partial charge in [-0.15, -0.1) is 0 Å². The number of H-pyrrole nitrogens is 1. The molecule has 1 nitrogen and oxygen atoms in total. The molecule has 0 saturated heterocycles. The number of aryl methyl sites for hydroxylation is 1. The van der Waals surface area contributed by atoms with Crippen LogP contribution in [0.1, 0.15) is 17.7 Å². The summed E-state index contributed by atoms with van der Waals surface area (Å²) in [6.45, 7) is 1.74. The van der Waals surface area contributed by atoms with Crippen molar-refractivity contribution in [2.45, 2.75) is 13.3 Å². The molecule has 0 amide bonds. The van der Waals surface area contributed by atoms with Crippen LogP contribution in [-0.4, -0.2) is 4.98 Å². The minimum atomic E-state index is -2.35. The number of rotatable bonds is 1. The normalized spacial score (nSPS) is 10.7. The molecule has 0 spiro atoms. The van der Waals surface area contributed by atoms with Crippen molar-refractivity contribution in [2.75, 3.05) is 0 Å². The van der Waals surface area contributed by atoms with Gasteiger partial charge in [0.2, 0.25) is 0 Å². The van der Waals surface area contributed by atoms with Crippen LogP contribution in [0.15, 0.2) is 12.3 Å². The summed E-state index contributed by atoms with van der Waals surface area (Å²) in [5.41, 5.74) is 0.831.